The highest BCUT2D eigenvalue weighted by Crippen LogP contribution is 2.37. The van der Waals surface area contributed by atoms with E-state index in [1.165, 1.54) is 5.56 Å². The standard InChI is InChI=1S/C23H31N3O3/c1-4-17(3)26(22(27)18-8-9-18)15-20-21(19-7-5-6-16(2)14-19)24-29-23(20)25-10-12-28-13-11-25/h5-7,14,17-18H,4,8-13,15H2,1-3H3. The van der Waals surface area contributed by atoms with Gasteiger partial charge < -0.3 is 19.1 Å². The monoisotopic (exact) mass is 397 g/mol. The van der Waals surface area contributed by atoms with Gasteiger partial charge in [-0.1, -0.05) is 35.8 Å². The number of anilines is 1. The van der Waals surface area contributed by atoms with Crippen LogP contribution in [0.25, 0.3) is 11.3 Å². The SMILES string of the molecule is CCC(C)N(Cc1c(-c2cccc(C)c2)noc1N1CCOCC1)C(=O)C1CC1. The lowest BCUT2D eigenvalue weighted by atomic mass is 10.0. The zero-order valence-corrected chi connectivity index (χ0v) is 17.7. The van der Waals surface area contributed by atoms with Crippen LogP contribution in [0.4, 0.5) is 5.88 Å². The molecular weight excluding hydrogens is 366 g/mol. The predicted octanol–water partition coefficient (Wildman–Crippen LogP) is 4.02. The fourth-order valence-corrected chi connectivity index (χ4v) is 3.88. The maximum Gasteiger partial charge on any atom is 0.233 e. The first kappa shape index (κ1) is 20.0. The van der Waals surface area contributed by atoms with E-state index >= 15 is 0 Å². The molecule has 0 radical (unpaired) electrons. The van der Waals surface area contributed by atoms with Crippen LogP contribution in [0.5, 0.6) is 0 Å². The molecule has 6 heteroatoms. The molecule has 1 aromatic carbocycles. The van der Waals surface area contributed by atoms with Crippen LogP contribution in [0.2, 0.25) is 0 Å². The molecule has 2 fully saturated rings. The Morgan fingerprint density at radius 1 is 1.31 bits per heavy atom. The molecule has 1 saturated heterocycles. The number of carbonyl (C=O) groups is 1. The summed E-state index contributed by atoms with van der Waals surface area (Å²) in [6.45, 7) is 9.78. The topological polar surface area (TPSA) is 58.8 Å². The van der Waals surface area contributed by atoms with Crippen LogP contribution in [0, 0.1) is 12.8 Å². The van der Waals surface area contributed by atoms with Gasteiger partial charge in [-0.2, -0.15) is 0 Å². The summed E-state index contributed by atoms with van der Waals surface area (Å²) in [5.41, 5.74) is 4.06. The Hall–Kier alpha value is -2.34. The molecular formula is C23H31N3O3. The van der Waals surface area contributed by atoms with Gasteiger partial charge >= 0.3 is 0 Å². The Bertz CT molecular complexity index is 853. The van der Waals surface area contributed by atoms with Crippen LogP contribution in [0.15, 0.2) is 28.8 Å². The van der Waals surface area contributed by atoms with Crippen molar-refractivity contribution in [1.82, 2.24) is 10.1 Å². The molecule has 1 aromatic heterocycles. The summed E-state index contributed by atoms with van der Waals surface area (Å²) in [7, 11) is 0. The van der Waals surface area contributed by atoms with Crippen molar-refractivity contribution in [1.29, 1.82) is 0 Å². The first-order valence-electron chi connectivity index (χ1n) is 10.8. The van der Waals surface area contributed by atoms with E-state index in [1.54, 1.807) is 0 Å². The third kappa shape index (κ3) is 4.32. The second-order valence-electron chi connectivity index (χ2n) is 8.28. The van der Waals surface area contributed by atoms with Crippen molar-refractivity contribution in [2.75, 3.05) is 31.2 Å². The van der Waals surface area contributed by atoms with Gasteiger partial charge in [0.05, 0.1) is 25.3 Å². The Morgan fingerprint density at radius 3 is 2.72 bits per heavy atom. The zero-order chi connectivity index (χ0) is 20.4. The third-order valence-corrected chi connectivity index (χ3v) is 6.02. The summed E-state index contributed by atoms with van der Waals surface area (Å²) in [6.07, 6.45) is 2.95. The summed E-state index contributed by atoms with van der Waals surface area (Å²) >= 11 is 0. The molecule has 1 aliphatic heterocycles. The number of carbonyl (C=O) groups excluding carboxylic acids is 1. The van der Waals surface area contributed by atoms with Gasteiger partial charge in [0.1, 0.15) is 5.69 Å². The lowest BCUT2D eigenvalue weighted by Gasteiger charge is -2.31. The van der Waals surface area contributed by atoms with Gasteiger partial charge in [-0.15, -0.1) is 0 Å². The first-order chi connectivity index (χ1) is 14.1. The minimum Gasteiger partial charge on any atom is -0.378 e. The van der Waals surface area contributed by atoms with Crippen LogP contribution in [0.1, 0.15) is 44.2 Å². The predicted molar refractivity (Wildman–Crippen MR) is 113 cm³/mol. The second-order valence-corrected chi connectivity index (χ2v) is 8.28. The minimum atomic E-state index is 0.181. The van der Waals surface area contributed by atoms with Gasteiger partial charge in [0.25, 0.3) is 0 Å². The van der Waals surface area contributed by atoms with Crippen molar-refractivity contribution in [3.05, 3.63) is 35.4 Å². The molecule has 1 atom stereocenters. The Balaban J connectivity index is 1.73. The first-order valence-corrected chi connectivity index (χ1v) is 10.8. The summed E-state index contributed by atoms with van der Waals surface area (Å²) in [5.74, 6) is 1.24. The number of nitrogens with zero attached hydrogens (tertiary/aromatic N) is 3. The molecule has 1 amide bonds. The van der Waals surface area contributed by atoms with E-state index in [4.69, 9.17) is 9.26 Å². The fraction of sp³-hybridized carbons (Fsp3) is 0.565. The molecule has 2 aromatic rings. The number of rotatable bonds is 7. The van der Waals surface area contributed by atoms with E-state index in [0.29, 0.717) is 19.8 Å². The number of ether oxygens (including phenoxy) is 1. The van der Waals surface area contributed by atoms with E-state index in [9.17, 15) is 4.79 Å². The number of benzene rings is 1. The minimum absolute atomic E-state index is 0.181. The molecule has 0 spiro atoms. The van der Waals surface area contributed by atoms with Gasteiger partial charge in [0.2, 0.25) is 11.8 Å². The molecule has 1 unspecified atom stereocenters. The van der Waals surface area contributed by atoms with E-state index in [2.05, 4.69) is 49.0 Å². The third-order valence-electron chi connectivity index (χ3n) is 6.02. The molecule has 2 aliphatic rings. The van der Waals surface area contributed by atoms with E-state index < -0.39 is 0 Å². The summed E-state index contributed by atoms with van der Waals surface area (Å²) in [4.78, 5) is 17.3. The van der Waals surface area contributed by atoms with Crippen molar-refractivity contribution in [3.63, 3.8) is 0 Å². The van der Waals surface area contributed by atoms with Crippen LogP contribution in [0.3, 0.4) is 0 Å². The Labute approximate surface area is 172 Å². The fourth-order valence-electron chi connectivity index (χ4n) is 3.88. The normalized spacial score (nSPS) is 18.0. The lowest BCUT2D eigenvalue weighted by molar-refractivity contribution is -0.135. The smallest absolute Gasteiger partial charge is 0.233 e. The van der Waals surface area contributed by atoms with E-state index in [-0.39, 0.29) is 17.9 Å². The van der Waals surface area contributed by atoms with Crippen LogP contribution >= 0.6 is 0 Å². The lowest BCUT2D eigenvalue weighted by Crippen LogP contribution is -2.40. The van der Waals surface area contributed by atoms with Crippen molar-refractivity contribution >= 4 is 11.8 Å². The summed E-state index contributed by atoms with van der Waals surface area (Å²) < 4.78 is 11.4. The highest BCUT2D eigenvalue weighted by molar-refractivity contribution is 5.82. The Kier molecular flexibility index (Phi) is 5.90. The molecule has 2 heterocycles. The van der Waals surface area contributed by atoms with E-state index in [1.807, 2.05) is 11.0 Å². The molecule has 4 rings (SSSR count). The molecule has 0 bridgehead atoms. The molecule has 1 saturated carbocycles. The zero-order valence-electron chi connectivity index (χ0n) is 17.7. The number of morpholine rings is 1. The largest absolute Gasteiger partial charge is 0.378 e. The highest BCUT2D eigenvalue weighted by atomic mass is 16.5. The molecule has 6 nitrogen and oxygen atoms in total. The maximum atomic E-state index is 13.1. The van der Waals surface area contributed by atoms with Gasteiger partial charge in [-0.25, -0.2) is 0 Å². The molecule has 0 N–H and O–H groups in total. The van der Waals surface area contributed by atoms with Crippen molar-refractivity contribution in [3.8, 4) is 11.3 Å². The van der Waals surface area contributed by atoms with E-state index in [0.717, 1.165) is 55.1 Å². The van der Waals surface area contributed by atoms with Crippen molar-refractivity contribution in [2.24, 2.45) is 5.92 Å². The molecule has 29 heavy (non-hydrogen) atoms. The van der Waals surface area contributed by atoms with Crippen LogP contribution < -0.4 is 4.90 Å². The van der Waals surface area contributed by atoms with Gasteiger partial charge in [0.15, 0.2) is 0 Å². The van der Waals surface area contributed by atoms with Crippen LogP contribution in [-0.4, -0.2) is 48.3 Å². The number of amides is 1. The van der Waals surface area contributed by atoms with Crippen molar-refractivity contribution in [2.45, 2.75) is 52.6 Å². The average Bonchev–Trinajstić information content (AvgIpc) is 3.51. The second kappa shape index (κ2) is 8.57. The molecule has 156 valence electrons. The summed E-state index contributed by atoms with van der Waals surface area (Å²) in [5, 5.41) is 4.47. The number of hydrogen-bond acceptors (Lipinski definition) is 5. The number of aryl methyl sites for hydroxylation is 1. The maximum absolute atomic E-state index is 13.1. The highest BCUT2D eigenvalue weighted by Gasteiger charge is 2.36. The van der Waals surface area contributed by atoms with Gasteiger partial charge in [0, 0.05) is 30.6 Å². The molecule has 1 aliphatic carbocycles. The number of aromatic nitrogens is 1. The number of hydrogen-bond donors (Lipinski definition) is 0. The van der Waals surface area contributed by atoms with Gasteiger partial charge in [-0.05, 0) is 39.2 Å². The van der Waals surface area contributed by atoms with Crippen LogP contribution in [-0.2, 0) is 16.1 Å². The average molecular weight is 398 g/mol. The van der Waals surface area contributed by atoms with Crippen molar-refractivity contribution < 1.29 is 14.1 Å². The Morgan fingerprint density at radius 2 is 2.07 bits per heavy atom. The van der Waals surface area contributed by atoms with Gasteiger partial charge in [-0.3, -0.25) is 4.79 Å². The quantitative estimate of drug-likeness (QED) is 0.706. The summed E-state index contributed by atoms with van der Waals surface area (Å²) in [6, 6.07) is 8.49.